The highest BCUT2D eigenvalue weighted by molar-refractivity contribution is 9.10. The topological polar surface area (TPSA) is 67.4 Å². The molecule has 2 rings (SSSR count). The van der Waals surface area contributed by atoms with Crippen LogP contribution in [0.3, 0.4) is 0 Å². The summed E-state index contributed by atoms with van der Waals surface area (Å²) in [4.78, 5) is 24.3. The Morgan fingerprint density at radius 3 is 2.59 bits per heavy atom. The van der Waals surface area contributed by atoms with Crippen LogP contribution >= 0.6 is 15.9 Å². The van der Waals surface area contributed by atoms with Crippen LogP contribution in [0.25, 0.3) is 0 Å². The summed E-state index contributed by atoms with van der Waals surface area (Å²) in [6.45, 7) is 7.13. The molecule has 118 valence electrons. The van der Waals surface area contributed by atoms with Crippen molar-refractivity contribution in [2.75, 3.05) is 0 Å². The monoisotopic (exact) mass is 366 g/mol. The molecule has 1 heterocycles. The van der Waals surface area contributed by atoms with Crippen molar-refractivity contribution in [2.24, 2.45) is 0 Å². The van der Waals surface area contributed by atoms with Crippen molar-refractivity contribution in [1.82, 2.24) is 10.6 Å². The molecule has 1 aromatic carbocycles. The van der Waals surface area contributed by atoms with Crippen LogP contribution < -0.4 is 10.6 Å². The summed E-state index contributed by atoms with van der Waals surface area (Å²) in [5.74, 6) is -0.442. The molecular formula is C16H19BrN2O3. The summed E-state index contributed by atoms with van der Waals surface area (Å²) in [5, 5.41) is 5.40. The number of amides is 2. The maximum atomic E-state index is 12.5. The van der Waals surface area contributed by atoms with E-state index < -0.39 is 17.6 Å². The second-order valence-electron chi connectivity index (χ2n) is 6.13. The number of hydrogen-bond acceptors (Lipinski definition) is 3. The molecule has 0 radical (unpaired) electrons. The Kier molecular flexibility index (Phi) is 4.60. The molecule has 5 nitrogen and oxygen atoms in total. The SMILES string of the molecule is CC1=C(C(=O)OC(C)(C)C)C(c2cccc(Br)c2)NC(=O)N1. The van der Waals surface area contributed by atoms with E-state index in [4.69, 9.17) is 4.74 Å². The van der Waals surface area contributed by atoms with Crippen LogP contribution in [0, 0.1) is 0 Å². The van der Waals surface area contributed by atoms with Crippen molar-refractivity contribution in [3.8, 4) is 0 Å². The van der Waals surface area contributed by atoms with Crippen LogP contribution in [0.15, 0.2) is 40.0 Å². The van der Waals surface area contributed by atoms with Gasteiger partial charge in [0.05, 0.1) is 11.6 Å². The lowest BCUT2D eigenvalue weighted by Gasteiger charge is -2.30. The van der Waals surface area contributed by atoms with Gasteiger partial charge in [0.15, 0.2) is 0 Å². The fraction of sp³-hybridized carbons (Fsp3) is 0.375. The van der Waals surface area contributed by atoms with Crippen LogP contribution in [-0.4, -0.2) is 17.6 Å². The van der Waals surface area contributed by atoms with Crippen molar-refractivity contribution in [3.63, 3.8) is 0 Å². The summed E-state index contributed by atoms with van der Waals surface area (Å²) in [6, 6.07) is 6.59. The number of urea groups is 1. The van der Waals surface area contributed by atoms with Gasteiger partial charge in [0, 0.05) is 10.2 Å². The van der Waals surface area contributed by atoms with Gasteiger partial charge in [0.1, 0.15) is 5.60 Å². The van der Waals surface area contributed by atoms with Gasteiger partial charge < -0.3 is 15.4 Å². The summed E-state index contributed by atoms with van der Waals surface area (Å²) in [7, 11) is 0. The normalized spacial score (nSPS) is 18.6. The molecule has 0 fully saturated rings. The molecule has 1 unspecified atom stereocenters. The van der Waals surface area contributed by atoms with Gasteiger partial charge in [-0.05, 0) is 45.4 Å². The molecule has 1 aliphatic rings. The highest BCUT2D eigenvalue weighted by Gasteiger charge is 2.33. The minimum atomic E-state index is -0.604. The van der Waals surface area contributed by atoms with Crippen molar-refractivity contribution < 1.29 is 14.3 Å². The van der Waals surface area contributed by atoms with Crippen LogP contribution in [0.2, 0.25) is 0 Å². The fourth-order valence-corrected chi connectivity index (χ4v) is 2.65. The number of benzene rings is 1. The molecular weight excluding hydrogens is 348 g/mol. The number of nitrogens with one attached hydrogen (secondary N) is 2. The van der Waals surface area contributed by atoms with E-state index in [-0.39, 0.29) is 6.03 Å². The Hall–Kier alpha value is -1.82. The van der Waals surface area contributed by atoms with E-state index >= 15 is 0 Å². The summed E-state index contributed by atoms with van der Waals surface area (Å²) >= 11 is 3.40. The van der Waals surface area contributed by atoms with Gasteiger partial charge in [-0.25, -0.2) is 9.59 Å². The Balaban J connectivity index is 2.43. The van der Waals surface area contributed by atoms with E-state index in [1.54, 1.807) is 6.92 Å². The zero-order chi connectivity index (χ0) is 16.5. The molecule has 1 aromatic rings. The Labute approximate surface area is 138 Å². The molecule has 0 bridgehead atoms. The third-order valence-corrected chi connectivity index (χ3v) is 3.56. The molecule has 6 heteroatoms. The molecule has 1 atom stereocenters. The first kappa shape index (κ1) is 16.5. The zero-order valence-electron chi connectivity index (χ0n) is 13.0. The first-order valence-corrected chi connectivity index (χ1v) is 7.74. The number of hydrogen-bond donors (Lipinski definition) is 2. The zero-order valence-corrected chi connectivity index (χ0v) is 14.6. The van der Waals surface area contributed by atoms with Crippen molar-refractivity contribution in [1.29, 1.82) is 0 Å². The molecule has 0 aromatic heterocycles. The lowest BCUT2D eigenvalue weighted by molar-refractivity contribution is -0.150. The molecule has 0 saturated carbocycles. The fourth-order valence-electron chi connectivity index (χ4n) is 2.23. The van der Waals surface area contributed by atoms with Crippen LogP contribution in [0.5, 0.6) is 0 Å². The number of carbonyl (C=O) groups excluding carboxylic acids is 2. The van der Waals surface area contributed by atoms with E-state index in [0.29, 0.717) is 11.3 Å². The Morgan fingerprint density at radius 1 is 1.32 bits per heavy atom. The van der Waals surface area contributed by atoms with Gasteiger partial charge in [-0.3, -0.25) is 0 Å². The van der Waals surface area contributed by atoms with Gasteiger partial charge in [-0.1, -0.05) is 28.1 Å². The quantitative estimate of drug-likeness (QED) is 0.788. The molecule has 2 amide bonds. The third kappa shape index (κ3) is 3.88. The average molecular weight is 367 g/mol. The number of allylic oxidation sites excluding steroid dienone is 1. The van der Waals surface area contributed by atoms with Gasteiger partial charge in [0.25, 0.3) is 0 Å². The average Bonchev–Trinajstić information content (AvgIpc) is 2.35. The number of esters is 1. The first-order chi connectivity index (χ1) is 10.2. The van der Waals surface area contributed by atoms with Crippen molar-refractivity contribution >= 4 is 27.9 Å². The van der Waals surface area contributed by atoms with Gasteiger partial charge in [0.2, 0.25) is 0 Å². The molecule has 2 N–H and O–H groups in total. The van der Waals surface area contributed by atoms with Gasteiger partial charge >= 0.3 is 12.0 Å². The van der Waals surface area contributed by atoms with E-state index in [1.807, 2.05) is 45.0 Å². The Bertz CT molecular complexity index is 647. The molecule has 1 aliphatic heterocycles. The first-order valence-electron chi connectivity index (χ1n) is 6.94. The van der Waals surface area contributed by atoms with Crippen LogP contribution in [0.4, 0.5) is 4.79 Å². The standard InChI is InChI=1S/C16H19BrN2O3/c1-9-12(14(20)22-16(2,3)4)13(19-15(21)18-9)10-6-5-7-11(17)8-10/h5-8,13H,1-4H3,(H2,18,19,21). The van der Waals surface area contributed by atoms with E-state index in [2.05, 4.69) is 26.6 Å². The second kappa shape index (κ2) is 6.12. The lowest BCUT2D eigenvalue weighted by atomic mass is 9.95. The minimum Gasteiger partial charge on any atom is -0.456 e. The predicted molar refractivity (Wildman–Crippen MR) is 87.1 cm³/mol. The third-order valence-electron chi connectivity index (χ3n) is 3.07. The van der Waals surface area contributed by atoms with Crippen LogP contribution in [0.1, 0.15) is 39.3 Å². The maximum Gasteiger partial charge on any atom is 0.338 e. The highest BCUT2D eigenvalue weighted by atomic mass is 79.9. The van der Waals surface area contributed by atoms with E-state index in [0.717, 1.165) is 10.0 Å². The lowest BCUT2D eigenvalue weighted by Crippen LogP contribution is -2.46. The van der Waals surface area contributed by atoms with Gasteiger partial charge in [-0.15, -0.1) is 0 Å². The van der Waals surface area contributed by atoms with E-state index in [1.165, 1.54) is 0 Å². The largest absolute Gasteiger partial charge is 0.456 e. The molecule has 0 saturated heterocycles. The number of ether oxygens (including phenoxy) is 1. The highest BCUT2D eigenvalue weighted by Crippen LogP contribution is 2.30. The number of halogens is 1. The Morgan fingerprint density at radius 2 is 2.00 bits per heavy atom. The smallest absolute Gasteiger partial charge is 0.338 e. The number of carbonyl (C=O) groups is 2. The molecule has 0 aliphatic carbocycles. The summed E-state index contributed by atoms with van der Waals surface area (Å²) in [6.07, 6.45) is 0. The molecule has 0 spiro atoms. The summed E-state index contributed by atoms with van der Waals surface area (Å²) < 4.78 is 6.34. The predicted octanol–water partition coefficient (Wildman–Crippen LogP) is 3.42. The second-order valence-corrected chi connectivity index (χ2v) is 7.04. The minimum absolute atomic E-state index is 0.338. The van der Waals surface area contributed by atoms with Crippen LogP contribution in [-0.2, 0) is 9.53 Å². The van der Waals surface area contributed by atoms with Crippen molar-refractivity contribution in [2.45, 2.75) is 39.3 Å². The summed E-state index contributed by atoms with van der Waals surface area (Å²) in [5.41, 5.74) is 1.12. The maximum absolute atomic E-state index is 12.5. The number of rotatable bonds is 2. The van der Waals surface area contributed by atoms with E-state index in [9.17, 15) is 9.59 Å². The van der Waals surface area contributed by atoms with Gasteiger partial charge in [-0.2, -0.15) is 0 Å². The molecule has 22 heavy (non-hydrogen) atoms. The van der Waals surface area contributed by atoms with Crippen molar-refractivity contribution in [3.05, 3.63) is 45.6 Å².